The highest BCUT2D eigenvalue weighted by Crippen LogP contribution is 2.31. The average Bonchev–Trinajstić information content (AvgIpc) is 2.84. The summed E-state index contributed by atoms with van der Waals surface area (Å²) in [4.78, 5) is 24.9. The minimum absolute atomic E-state index is 0.00446. The van der Waals surface area contributed by atoms with Crippen molar-refractivity contribution in [3.8, 4) is 5.75 Å². The van der Waals surface area contributed by atoms with Crippen LogP contribution in [0.5, 0.6) is 5.75 Å². The van der Waals surface area contributed by atoms with Gasteiger partial charge in [0, 0.05) is 19.2 Å². The zero-order valence-electron chi connectivity index (χ0n) is 19.4. The van der Waals surface area contributed by atoms with Crippen molar-refractivity contribution in [2.45, 2.75) is 38.1 Å². The number of carbonyl (C=O) groups excluding carboxylic acids is 1. The number of ether oxygens (including phenoxy) is 1. The van der Waals surface area contributed by atoms with Crippen LogP contribution >= 0.6 is 0 Å². The number of aryl methyl sites for hydroxylation is 1. The first kappa shape index (κ1) is 25.0. The molecule has 0 unspecified atom stereocenters. The highest BCUT2D eigenvalue weighted by atomic mass is 32.2. The number of aromatic nitrogens is 2. The number of benzene rings is 2. The number of sulfonamides is 1. The lowest BCUT2D eigenvalue weighted by atomic mass is 10.2. The molecule has 1 amide bonds. The van der Waals surface area contributed by atoms with E-state index < -0.39 is 15.9 Å². The molecule has 0 radical (unpaired) electrons. The monoisotopic (exact) mass is 484 g/mol. The van der Waals surface area contributed by atoms with Crippen molar-refractivity contribution in [3.63, 3.8) is 0 Å². The number of unbranched alkanes of at least 4 members (excludes halogenated alkanes) is 1. The molecule has 0 atom stereocenters. The molecule has 180 valence electrons. The molecular formula is C24H28N4O5S. The fraction of sp³-hybridized carbons (Fsp3) is 0.292. The van der Waals surface area contributed by atoms with Gasteiger partial charge in [-0.05, 0) is 49.7 Å². The van der Waals surface area contributed by atoms with Gasteiger partial charge < -0.3 is 10.1 Å². The Hall–Kier alpha value is -3.66. The smallest absolute Gasteiger partial charge is 0.276 e. The Kier molecular flexibility index (Phi) is 8.06. The summed E-state index contributed by atoms with van der Waals surface area (Å²) in [5.41, 5.74) is 0.442. The van der Waals surface area contributed by atoms with Crippen molar-refractivity contribution in [2.24, 2.45) is 0 Å². The molecule has 0 bridgehead atoms. The lowest BCUT2D eigenvalue weighted by Gasteiger charge is -2.23. The molecule has 1 aromatic heterocycles. The van der Waals surface area contributed by atoms with E-state index in [0.717, 1.165) is 12.8 Å². The Bertz CT molecular complexity index is 1310. The maximum atomic E-state index is 13.4. The van der Waals surface area contributed by atoms with Gasteiger partial charge in [-0.2, -0.15) is 5.10 Å². The SMILES string of the molecule is CCCCn1nc(C(=O)Nc2cc(S(=O)(=O)N(CC)c3ccccc3)ccc2OC)ccc1=O. The fourth-order valence-corrected chi connectivity index (χ4v) is 4.88. The van der Waals surface area contributed by atoms with Crippen molar-refractivity contribution in [1.82, 2.24) is 9.78 Å². The number of nitrogens with zero attached hydrogens (tertiary/aromatic N) is 3. The molecule has 1 heterocycles. The number of anilines is 2. The number of hydrogen-bond donors (Lipinski definition) is 1. The van der Waals surface area contributed by atoms with Crippen LogP contribution in [0.2, 0.25) is 0 Å². The maximum Gasteiger partial charge on any atom is 0.276 e. The van der Waals surface area contributed by atoms with Crippen LogP contribution in [-0.2, 0) is 16.6 Å². The van der Waals surface area contributed by atoms with Crippen LogP contribution in [0.4, 0.5) is 11.4 Å². The quantitative estimate of drug-likeness (QED) is 0.471. The predicted octanol–water partition coefficient (Wildman–Crippen LogP) is 3.52. The van der Waals surface area contributed by atoms with E-state index in [1.165, 1.54) is 46.4 Å². The van der Waals surface area contributed by atoms with Gasteiger partial charge in [0.25, 0.3) is 21.5 Å². The van der Waals surface area contributed by atoms with Crippen LogP contribution in [0.1, 0.15) is 37.2 Å². The molecule has 3 aromatic rings. The first-order valence-corrected chi connectivity index (χ1v) is 12.4. The van der Waals surface area contributed by atoms with Gasteiger partial charge in [-0.25, -0.2) is 13.1 Å². The van der Waals surface area contributed by atoms with Crippen LogP contribution in [-0.4, -0.2) is 37.8 Å². The number of hydrogen-bond acceptors (Lipinski definition) is 6. The van der Waals surface area contributed by atoms with Gasteiger partial charge in [0.2, 0.25) is 0 Å². The van der Waals surface area contributed by atoms with E-state index in [2.05, 4.69) is 10.4 Å². The van der Waals surface area contributed by atoms with Crippen molar-refractivity contribution >= 4 is 27.3 Å². The van der Waals surface area contributed by atoms with Gasteiger partial charge in [0.1, 0.15) is 11.4 Å². The Morgan fingerprint density at radius 2 is 1.82 bits per heavy atom. The average molecular weight is 485 g/mol. The summed E-state index contributed by atoms with van der Waals surface area (Å²) in [6.45, 7) is 4.37. The van der Waals surface area contributed by atoms with Crippen molar-refractivity contribution in [1.29, 1.82) is 0 Å². The third kappa shape index (κ3) is 5.45. The fourth-order valence-electron chi connectivity index (χ4n) is 3.38. The molecule has 34 heavy (non-hydrogen) atoms. The standard InChI is InChI=1S/C24H28N4O5S/c1-4-6-16-27-23(29)15-13-20(26-27)24(30)25-21-17-19(12-14-22(21)33-3)34(31,32)28(5-2)18-10-8-7-9-11-18/h7-15,17H,4-6,16H2,1-3H3,(H,25,30). The zero-order valence-corrected chi connectivity index (χ0v) is 20.2. The minimum atomic E-state index is -3.91. The van der Waals surface area contributed by atoms with Gasteiger partial charge >= 0.3 is 0 Å². The Balaban J connectivity index is 1.94. The molecule has 9 nitrogen and oxygen atoms in total. The summed E-state index contributed by atoms with van der Waals surface area (Å²) in [6.07, 6.45) is 1.63. The second-order valence-corrected chi connectivity index (χ2v) is 9.32. The summed E-state index contributed by atoms with van der Waals surface area (Å²) < 4.78 is 34.6. The normalized spacial score (nSPS) is 11.1. The van der Waals surface area contributed by atoms with E-state index in [1.54, 1.807) is 31.2 Å². The zero-order chi connectivity index (χ0) is 24.7. The maximum absolute atomic E-state index is 13.4. The summed E-state index contributed by atoms with van der Waals surface area (Å²) in [5, 5.41) is 6.80. The van der Waals surface area contributed by atoms with E-state index in [9.17, 15) is 18.0 Å². The minimum Gasteiger partial charge on any atom is -0.495 e. The van der Waals surface area contributed by atoms with Crippen molar-refractivity contribution in [3.05, 3.63) is 76.7 Å². The van der Waals surface area contributed by atoms with Gasteiger partial charge in [0.15, 0.2) is 0 Å². The largest absolute Gasteiger partial charge is 0.495 e. The van der Waals surface area contributed by atoms with Crippen molar-refractivity contribution in [2.75, 3.05) is 23.3 Å². The highest BCUT2D eigenvalue weighted by Gasteiger charge is 2.25. The van der Waals surface area contributed by atoms with Crippen LogP contribution in [0.25, 0.3) is 0 Å². The Morgan fingerprint density at radius 1 is 1.09 bits per heavy atom. The number of methoxy groups -OCH3 is 1. The van der Waals surface area contributed by atoms with Gasteiger partial charge in [-0.15, -0.1) is 0 Å². The number of carbonyl (C=O) groups is 1. The molecule has 2 aromatic carbocycles. The van der Waals surface area contributed by atoms with Crippen LogP contribution in [0.3, 0.4) is 0 Å². The molecule has 0 aliphatic carbocycles. The van der Waals surface area contributed by atoms with Gasteiger partial charge in [-0.3, -0.25) is 13.9 Å². The second kappa shape index (κ2) is 11.0. The molecular weight excluding hydrogens is 456 g/mol. The van der Waals surface area contributed by atoms with E-state index in [1.807, 2.05) is 13.0 Å². The van der Waals surface area contributed by atoms with E-state index >= 15 is 0 Å². The van der Waals surface area contributed by atoms with E-state index in [0.29, 0.717) is 12.2 Å². The topological polar surface area (TPSA) is 111 Å². The van der Waals surface area contributed by atoms with Crippen molar-refractivity contribution < 1.29 is 17.9 Å². The molecule has 0 fully saturated rings. The lowest BCUT2D eigenvalue weighted by molar-refractivity contribution is 0.101. The molecule has 0 saturated carbocycles. The summed E-state index contributed by atoms with van der Waals surface area (Å²) in [5.74, 6) is -0.303. The first-order chi connectivity index (χ1) is 16.3. The van der Waals surface area contributed by atoms with Crippen LogP contribution in [0.15, 0.2) is 70.4 Å². The molecule has 3 rings (SSSR count). The highest BCUT2D eigenvalue weighted by molar-refractivity contribution is 7.92. The summed E-state index contributed by atoms with van der Waals surface area (Å²) in [7, 11) is -2.49. The van der Waals surface area contributed by atoms with Crippen LogP contribution in [0, 0.1) is 0 Å². The van der Waals surface area contributed by atoms with E-state index in [-0.39, 0.29) is 34.1 Å². The number of nitrogens with one attached hydrogen (secondary N) is 1. The lowest BCUT2D eigenvalue weighted by Crippen LogP contribution is -2.30. The third-order valence-electron chi connectivity index (χ3n) is 5.16. The Labute approximate surface area is 199 Å². The molecule has 0 aliphatic heterocycles. The van der Waals surface area contributed by atoms with E-state index in [4.69, 9.17) is 4.74 Å². The number of amides is 1. The van der Waals surface area contributed by atoms with Crippen LogP contribution < -0.4 is 19.9 Å². The number of para-hydroxylation sites is 1. The van der Waals surface area contributed by atoms with Gasteiger partial charge in [-0.1, -0.05) is 31.5 Å². The third-order valence-corrected chi connectivity index (χ3v) is 7.06. The molecule has 1 N–H and O–H groups in total. The van der Waals surface area contributed by atoms with Gasteiger partial charge in [0.05, 0.1) is 23.4 Å². The Morgan fingerprint density at radius 3 is 2.47 bits per heavy atom. The molecule has 0 aliphatic rings. The second-order valence-electron chi connectivity index (χ2n) is 7.46. The molecule has 0 saturated heterocycles. The first-order valence-electron chi connectivity index (χ1n) is 11.0. The predicted molar refractivity (Wildman–Crippen MR) is 131 cm³/mol. The summed E-state index contributed by atoms with van der Waals surface area (Å²) >= 11 is 0. The number of rotatable bonds is 10. The molecule has 0 spiro atoms. The summed E-state index contributed by atoms with van der Waals surface area (Å²) in [6, 6.07) is 15.7. The molecule has 10 heteroatoms.